The predicted molar refractivity (Wildman–Crippen MR) is 117 cm³/mol. The van der Waals surface area contributed by atoms with E-state index in [0.29, 0.717) is 18.4 Å². The van der Waals surface area contributed by atoms with Crippen LogP contribution in [0.3, 0.4) is 0 Å². The molecule has 2 aliphatic rings. The van der Waals surface area contributed by atoms with Gasteiger partial charge in [0.05, 0.1) is 34.7 Å². The van der Waals surface area contributed by atoms with Crippen molar-refractivity contribution >= 4 is 23.2 Å². The van der Waals surface area contributed by atoms with Gasteiger partial charge in [0.1, 0.15) is 5.82 Å². The van der Waals surface area contributed by atoms with Gasteiger partial charge < -0.3 is 10.2 Å². The minimum absolute atomic E-state index is 0.0170. The Morgan fingerprint density at radius 1 is 1.19 bits per heavy atom. The van der Waals surface area contributed by atoms with Crippen LogP contribution in [0, 0.1) is 30.0 Å². The van der Waals surface area contributed by atoms with E-state index in [4.69, 9.17) is 16.9 Å². The molecule has 0 aromatic heterocycles. The first kappa shape index (κ1) is 26.7. The van der Waals surface area contributed by atoms with Crippen LogP contribution in [-0.4, -0.2) is 23.8 Å². The van der Waals surface area contributed by atoms with E-state index >= 15 is 0 Å². The predicted octanol–water partition coefficient (Wildman–Crippen LogP) is 6.42. The zero-order valence-electron chi connectivity index (χ0n) is 18.9. The van der Waals surface area contributed by atoms with Crippen LogP contribution in [0.15, 0.2) is 35.5 Å². The molecule has 0 radical (unpaired) electrons. The summed E-state index contributed by atoms with van der Waals surface area (Å²) in [5.41, 5.74) is -6.16. The topological polar surface area (TPSA) is 74.5 Å². The van der Waals surface area contributed by atoms with E-state index in [-0.39, 0.29) is 40.9 Å². The monoisotopic (exact) mass is 547 g/mol. The van der Waals surface area contributed by atoms with Crippen LogP contribution in [0.1, 0.15) is 51.9 Å². The number of oxime groups is 1. The molecule has 1 saturated carbocycles. The molecule has 1 heterocycles. The Bertz CT molecular complexity index is 1330. The lowest BCUT2D eigenvalue weighted by Gasteiger charge is -2.31. The van der Waals surface area contributed by atoms with E-state index in [1.165, 1.54) is 25.1 Å². The fourth-order valence-corrected chi connectivity index (χ4v) is 4.51. The molecule has 5 nitrogen and oxygen atoms in total. The normalized spacial score (nSPS) is 23.5. The molecule has 4 rings (SSSR count). The van der Waals surface area contributed by atoms with Crippen molar-refractivity contribution in [1.29, 1.82) is 5.26 Å². The Morgan fingerprint density at radius 2 is 1.86 bits per heavy atom. The summed E-state index contributed by atoms with van der Waals surface area (Å²) in [6.07, 6.45) is -10.6. The average molecular weight is 548 g/mol. The van der Waals surface area contributed by atoms with Gasteiger partial charge in [-0.3, -0.25) is 4.79 Å². The quantitative estimate of drug-likeness (QED) is 0.449. The first-order valence-corrected chi connectivity index (χ1v) is 11.2. The number of amides is 1. The lowest BCUT2D eigenvalue weighted by atomic mass is 9.81. The van der Waals surface area contributed by atoms with Crippen molar-refractivity contribution in [1.82, 2.24) is 5.32 Å². The number of benzene rings is 2. The summed E-state index contributed by atoms with van der Waals surface area (Å²) >= 11 is 5.51. The minimum Gasteiger partial charge on any atom is -0.374 e. The molecule has 1 unspecified atom stereocenters. The molecule has 1 N–H and O–H groups in total. The molecule has 1 aliphatic heterocycles. The maximum absolute atomic E-state index is 14.7. The molecule has 2 aromatic carbocycles. The summed E-state index contributed by atoms with van der Waals surface area (Å²) in [5, 5.41) is 13.9. The number of nitrogens with one attached hydrogen (secondary N) is 1. The second kappa shape index (κ2) is 9.20. The largest absolute Gasteiger partial charge is 0.435 e. The molecule has 13 heteroatoms. The highest BCUT2D eigenvalue weighted by molar-refractivity contribution is 6.30. The van der Waals surface area contributed by atoms with Gasteiger partial charge in [-0.1, -0.05) is 22.8 Å². The third-order valence-corrected chi connectivity index (χ3v) is 6.71. The fourth-order valence-electron chi connectivity index (χ4n) is 4.29. The molecular weight excluding hydrogens is 531 g/mol. The van der Waals surface area contributed by atoms with Crippen LogP contribution in [0.4, 0.5) is 30.7 Å². The Balaban J connectivity index is 1.63. The minimum atomic E-state index is -5.37. The van der Waals surface area contributed by atoms with Crippen molar-refractivity contribution in [3.8, 4) is 6.07 Å². The van der Waals surface area contributed by atoms with Crippen molar-refractivity contribution in [2.45, 2.75) is 50.2 Å². The van der Waals surface area contributed by atoms with Crippen molar-refractivity contribution < 1.29 is 40.4 Å². The lowest BCUT2D eigenvalue weighted by Crippen LogP contribution is -2.44. The highest BCUT2D eigenvalue weighted by atomic mass is 35.5. The highest BCUT2D eigenvalue weighted by Gasteiger charge is 2.64. The van der Waals surface area contributed by atoms with Gasteiger partial charge in [-0.05, 0) is 55.2 Å². The second-order valence-electron chi connectivity index (χ2n) is 8.95. The van der Waals surface area contributed by atoms with E-state index in [0.717, 1.165) is 0 Å². The van der Waals surface area contributed by atoms with E-state index in [2.05, 4.69) is 21.4 Å². The van der Waals surface area contributed by atoms with Gasteiger partial charge in [-0.15, -0.1) is 0 Å². The summed E-state index contributed by atoms with van der Waals surface area (Å²) in [5.74, 6) is -2.26. The third-order valence-electron chi connectivity index (χ3n) is 6.44. The molecule has 1 amide bonds. The van der Waals surface area contributed by atoms with Crippen molar-refractivity contribution in [3.05, 3.63) is 69.0 Å². The molecule has 1 fully saturated rings. The lowest BCUT2D eigenvalue weighted by molar-refractivity contribution is -0.276. The average Bonchev–Trinajstić information content (AvgIpc) is 3.23. The van der Waals surface area contributed by atoms with E-state index in [9.17, 15) is 35.5 Å². The van der Waals surface area contributed by atoms with Gasteiger partial charge in [0.25, 0.3) is 11.5 Å². The summed E-state index contributed by atoms with van der Waals surface area (Å²) in [6.45, 7) is 1.54. The van der Waals surface area contributed by atoms with E-state index in [1.807, 2.05) is 0 Å². The van der Waals surface area contributed by atoms with Crippen LogP contribution in [0.25, 0.3) is 0 Å². The van der Waals surface area contributed by atoms with Crippen LogP contribution < -0.4 is 5.32 Å². The maximum Gasteiger partial charge on any atom is 0.435 e. The molecule has 0 spiro atoms. The van der Waals surface area contributed by atoms with E-state index in [1.54, 1.807) is 0 Å². The molecule has 37 heavy (non-hydrogen) atoms. The van der Waals surface area contributed by atoms with Gasteiger partial charge in [0.2, 0.25) is 0 Å². The zero-order valence-corrected chi connectivity index (χ0v) is 19.7. The zero-order chi connectivity index (χ0) is 27.3. The van der Waals surface area contributed by atoms with Gasteiger partial charge in [-0.25, -0.2) is 4.39 Å². The number of hydrogen-bond donors (Lipinski definition) is 1. The molecule has 1 aliphatic carbocycles. The number of nitrogens with zero attached hydrogens (tertiary/aromatic N) is 2. The summed E-state index contributed by atoms with van der Waals surface area (Å²) in [6, 6.07) is 6.19. The highest BCUT2D eigenvalue weighted by Crippen LogP contribution is 2.51. The summed E-state index contributed by atoms with van der Waals surface area (Å²) in [7, 11) is 0. The number of alkyl halides is 6. The van der Waals surface area contributed by atoms with Crippen molar-refractivity contribution in [3.63, 3.8) is 0 Å². The van der Waals surface area contributed by atoms with Crippen LogP contribution in [-0.2, 0) is 16.6 Å². The summed E-state index contributed by atoms with van der Waals surface area (Å²) < 4.78 is 97.1. The Kier molecular flexibility index (Phi) is 6.65. The number of halogens is 8. The molecule has 196 valence electrons. The summed E-state index contributed by atoms with van der Waals surface area (Å²) in [4.78, 5) is 17.2. The first-order chi connectivity index (χ1) is 17.2. The fraction of sp³-hybridized carbons (Fsp3) is 0.375. The van der Waals surface area contributed by atoms with Gasteiger partial charge in [-0.2, -0.15) is 31.6 Å². The SMILES string of the molecule is Cc1cc(C2=NOC(c3cc(C(F)(F)F)cc(Cl)c3F)(C(F)(F)F)C2)ccc1C(=O)N[C@H]1C[C@@H](C#N)C1. The third kappa shape index (κ3) is 4.84. The number of carbonyl (C=O) groups is 1. The smallest absolute Gasteiger partial charge is 0.374 e. The number of hydrogen-bond acceptors (Lipinski definition) is 4. The van der Waals surface area contributed by atoms with Crippen molar-refractivity contribution in [2.75, 3.05) is 0 Å². The van der Waals surface area contributed by atoms with Crippen LogP contribution in [0.5, 0.6) is 0 Å². The maximum atomic E-state index is 14.7. The number of carbonyl (C=O) groups excluding carboxylic acids is 1. The van der Waals surface area contributed by atoms with Crippen LogP contribution in [0.2, 0.25) is 5.02 Å². The van der Waals surface area contributed by atoms with Gasteiger partial charge in [0.15, 0.2) is 0 Å². The molecular formula is C24H17ClF7N3O2. The number of aryl methyl sites for hydroxylation is 1. The molecule has 1 atom stereocenters. The Morgan fingerprint density at radius 3 is 2.43 bits per heavy atom. The van der Waals surface area contributed by atoms with E-state index < -0.39 is 52.2 Å². The molecule has 0 bridgehead atoms. The number of nitriles is 1. The first-order valence-electron chi connectivity index (χ1n) is 10.9. The van der Waals surface area contributed by atoms with Gasteiger partial charge >= 0.3 is 12.4 Å². The van der Waals surface area contributed by atoms with Crippen molar-refractivity contribution in [2.24, 2.45) is 11.1 Å². The Labute approximate surface area is 210 Å². The van der Waals surface area contributed by atoms with Gasteiger partial charge in [0, 0.05) is 17.2 Å². The Hall–Kier alpha value is -3.33. The molecule has 0 saturated heterocycles. The number of rotatable bonds is 4. The second-order valence-corrected chi connectivity index (χ2v) is 9.35. The standard InChI is InChI=1S/C24H17ClF7N3O2/c1-11-4-13(2-3-16(11)21(36)34-15-5-12(6-15)10-33)19-9-22(37-35-19,24(30,31)32)17-7-14(23(27,28)29)8-18(25)20(17)26/h2-4,7-8,12,15H,5-6,9H2,1H3,(H,34,36)/t12-,15+,22?. The van der Waals surface area contributed by atoms with Crippen LogP contribution >= 0.6 is 11.6 Å². The molecule has 2 aromatic rings.